The first-order valence-corrected chi connectivity index (χ1v) is 4.42. The van der Waals surface area contributed by atoms with Crippen molar-refractivity contribution >= 4 is 11.6 Å². The van der Waals surface area contributed by atoms with Crippen LogP contribution in [0, 0.1) is 0 Å². The summed E-state index contributed by atoms with van der Waals surface area (Å²) >= 11 is 5.80. The van der Waals surface area contributed by atoms with Gasteiger partial charge < -0.3 is 15.6 Å². The molecule has 0 spiro atoms. The summed E-state index contributed by atoms with van der Waals surface area (Å²) in [7, 11) is 0. The smallest absolute Gasteiger partial charge is 0.124 e. The van der Waals surface area contributed by atoms with E-state index in [2.05, 4.69) is 0 Å². The molecular formula is C9H10ClNO2. The Labute approximate surface area is 81.1 Å². The van der Waals surface area contributed by atoms with E-state index in [1.165, 1.54) is 0 Å². The number of hydrogen-bond acceptors (Lipinski definition) is 3. The van der Waals surface area contributed by atoms with Crippen LogP contribution in [0.1, 0.15) is 11.6 Å². The van der Waals surface area contributed by atoms with Gasteiger partial charge >= 0.3 is 0 Å². The van der Waals surface area contributed by atoms with Crippen molar-refractivity contribution in [2.45, 2.75) is 12.1 Å². The fourth-order valence-corrected chi connectivity index (χ4v) is 1.58. The average molecular weight is 200 g/mol. The van der Waals surface area contributed by atoms with Crippen molar-refractivity contribution in [1.82, 2.24) is 0 Å². The third-order valence-electron chi connectivity index (χ3n) is 2.16. The predicted octanol–water partition coefficient (Wildman–Crippen LogP) is 1.09. The highest BCUT2D eigenvalue weighted by Crippen LogP contribution is 2.32. The van der Waals surface area contributed by atoms with Crippen molar-refractivity contribution in [3.8, 4) is 5.75 Å². The fraction of sp³-hybridized carbons (Fsp3) is 0.333. The molecule has 1 aromatic carbocycles. The highest BCUT2D eigenvalue weighted by atomic mass is 35.5. The molecule has 3 nitrogen and oxygen atoms in total. The number of rotatable bonds is 0. The van der Waals surface area contributed by atoms with Crippen molar-refractivity contribution in [2.75, 3.05) is 6.61 Å². The standard InChI is InChI=1S/C9H10ClNO2/c10-5-1-2-8-6(3-5)9(11)7(12)4-13-8/h1-3,7,9,12H,4,11H2/t7-,9+/m0/s1. The van der Waals surface area contributed by atoms with Crippen molar-refractivity contribution in [3.63, 3.8) is 0 Å². The molecular weight excluding hydrogens is 190 g/mol. The minimum Gasteiger partial charge on any atom is -0.490 e. The fourth-order valence-electron chi connectivity index (χ4n) is 1.40. The van der Waals surface area contributed by atoms with Crippen molar-refractivity contribution in [3.05, 3.63) is 28.8 Å². The highest BCUT2D eigenvalue weighted by molar-refractivity contribution is 6.30. The van der Waals surface area contributed by atoms with Crippen molar-refractivity contribution in [1.29, 1.82) is 0 Å². The van der Waals surface area contributed by atoms with E-state index in [4.69, 9.17) is 22.1 Å². The molecule has 70 valence electrons. The molecule has 1 aliphatic rings. The molecule has 1 aromatic rings. The number of aliphatic hydroxyl groups is 1. The van der Waals surface area contributed by atoms with Crippen LogP contribution in [0.3, 0.4) is 0 Å². The molecule has 0 saturated carbocycles. The molecule has 0 saturated heterocycles. The molecule has 0 amide bonds. The summed E-state index contributed by atoms with van der Waals surface area (Å²) in [5.74, 6) is 0.710. The number of hydrogen-bond donors (Lipinski definition) is 2. The molecule has 0 radical (unpaired) electrons. The summed E-state index contributed by atoms with van der Waals surface area (Å²) in [5.41, 5.74) is 6.54. The second-order valence-corrected chi connectivity index (χ2v) is 3.52. The van der Waals surface area contributed by atoms with Crippen LogP contribution in [0.5, 0.6) is 5.75 Å². The van der Waals surface area contributed by atoms with E-state index in [9.17, 15) is 5.11 Å². The van der Waals surface area contributed by atoms with Gasteiger partial charge in [0.05, 0.1) is 6.04 Å². The molecule has 0 unspecified atom stereocenters. The molecule has 13 heavy (non-hydrogen) atoms. The number of aliphatic hydroxyl groups excluding tert-OH is 1. The van der Waals surface area contributed by atoms with Gasteiger partial charge in [-0.1, -0.05) is 11.6 Å². The van der Waals surface area contributed by atoms with Crippen LogP contribution in [0.4, 0.5) is 0 Å². The molecule has 0 bridgehead atoms. The molecule has 2 rings (SSSR count). The summed E-state index contributed by atoms with van der Waals surface area (Å²) in [6, 6.07) is 4.83. The van der Waals surface area contributed by atoms with Crippen molar-refractivity contribution < 1.29 is 9.84 Å². The quantitative estimate of drug-likeness (QED) is 0.658. The Hall–Kier alpha value is -0.770. The molecule has 0 aromatic heterocycles. The van der Waals surface area contributed by atoms with Gasteiger partial charge in [0.25, 0.3) is 0 Å². The average Bonchev–Trinajstić information content (AvgIpc) is 2.12. The first-order valence-electron chi connectivity index (χ1n) is 4.04. The normalized spacial score (nSPS) is 26.4. The lowest BCUT2D eigenvalue weighted by molar-refractivity contribution is 0.0679. The van der Waals surface area contributed by atoms with Gasteiger partial charge in [-0.15, -0.1) is 0 Å². The van der Waals surface area contributed by atoms with Gasteiger partial charge in [0.1, 0.15) is 18.5 Å². The van der Waals surface area contributed by atoms with E-state index >= 15 is 0 Å². The molecule has 1 aliphatic heterocycles. The summed E-state index contributed by atoms with van der Waals surface area (Å²) < 4.78 is 5.27. The Kier molecular flexibility index (Phi) is 2.15. The van der Waals surface area contributed by atoms with Crippen LogP contribution in [0.15, 0.2) is 18.2 Å². The molecule has 0 fully saturated rings. The van der Waals surface area contributed by atoms with E-state index in [-0.39, 0.29) is 6.61 Å². The highest BCUT2D eigenvalue weighted by Gasteiger charge is 2.26. The largest absolute Gasteiger partial charge is 0.490 e. The van der Waals surface area contributed by atoms with Crippen LogP contribution in [0.2, 0.25) is 5.02 Å². The minimum atomic E-state index is -0.647. The Morgan fingerprint density at radius 2 is 2.31 bits per heavy atom. The topological polar surface area (TPSA) is 55.5 Å². The van der Waals surface area contributed by atoms with Crippen molar-refractivity contribution in [2.24, 2.45) is 5.73 Å². The maximum atomic E-state index is 9.42. The van der Waals surface area contributed by atoms with E-state index in [1.807, 2.05) is 0 Å². The van der Waals surface area contributed by atoms with E-state index < -0.39 is 12.1 Å². The molecule has 2 atom stereocenters. The number of halogens is 1. The van der Waals surface area contributed by atoms with Gasteiger partial charge in [0, 0.05) is 10.6 Å². The monoisotopic (exact) mass is 199 g/mol. The maximum absolute atomic E-state index is 9.42. The lowest BCUT2D eigenvalue weighted by Gasteiger charge is -2.27. The van der Waals surface area contributed by atoms with Crippen LogP contribution in [0.25, 0.3) is 0 Å². The van der Waals surface area contributed by atoms with Gasteiger partial charge in [0.15, 0.2) is 0 Å². The van der Waals surface area contributed by atoms with Crippen LogP contribution < -0.4 is 10.5 Å². The maximum Gasteiger partial charge on any atom is 0.124 e. The SMILES string of the molecule is N[C@@H]1c2cc(Cl)ccc2OC[C@@H]1O. The number of nitrogens with two attached hydrogens (primary N) is 1. The summed E-state index contributed by atoms with van der Waals surface area (Å²) in [5, 5.41) is 10.0. The van der Waals surface area contributed by atoms with Crippen LogP contribution in [-0.2, 0) is 0 Å². The lowest BCUT2D eigenvalue weighted by atomic mass is 9.99. The second-order valence-electron chi connectivity index (χ2n) is 3.09. The third-order valence-corrected chi connectivity index (χ3v) is 2.39. The lowest BCUT2D eigenvalue weighted by Crippen LogP contribution is -2.35. The Morgan fingerprint density at radius 1 is 1.54 bits per heavy atom. The molecule has 4 heteroatoms. The first kappa shape index (κ1) is 8.81. The molecule has 0 aliphatic carbocycles. The zero-order valence-corrected chi connectivity index (χ0v) is 7.66. The third kappa shape index (κ3) is 1.50. The zero-order chi connectivity index (χ0) is 9.42. The number of benzene rings is 1. The Balaban J connectivity index is 2.45. The summed E-state index contributed by atoms with van der Waals surface area (Å²) in [6.07, 6.45) is -0.647. The summed E-state index contributed by atoms with van der Waals surface area (Å²) in [4.78, 5) is 0. The van der Waals surface area contributed by atoms with Gasteiger partial charge in [-0.3, -0.25) is 0 Å². The Morgan fingerprint density at radius 3 is 3.08 bits per heavy atom. The van der Waals surface area contributed by atoms with Gasteiger partial charge in [0.2, 0.25) is 0 Å². The van der Waals surface area contributed by atoms with E-state index in [0.717, 1.165) is 5.56 Å². The number of ether oxygens (including phenoxy) is 1. The van der Waals surface area contributed by atoms with Crippen LogP contribution >= 0.6 is 11.6 Å². The van der Waals surface area contributed by atoms with Gasteiger partial charge in [-0.25, -0.2) is 0 Å². The predicted molar refractivity (Wildman–Crippen MR) is 49.9 cm³/mol. The second kappa shape index (κ2) is 3.18. The van der Waals surface area contributed by atoms with Crippen LogP contribution in [-0.4, -0.2) is 17.8 Å². The van der Waals surface area contributed by atoms with Gasteiger partial charge in [-0.2, -0.15) is 0 Å². The molecule has 1 heterocycles. The number of fused-ring (bicyclic) bond motifs is 1. The summed E-state index contributed by atoms with van der Waals surface area (Å²) in [6.45, 7) is 0.246. The zero-order valence-electron chi connectivity index (χ0n) is 6.90. The first-order chi connectivity index (χ1) is 6.18. The minimum absolute atomic E-state index is 0.246. The Bertz CT molecular complexity index is 329. The van der Waals surface area contributed by atoms with Gasteiger partial charge in [-0.05, 0) is 18.2 Å². The van der Waals surface area contributed by atoms with E-state index in [1.54, 1.807) is 18.2 Å². The van der Waals surface area contributed by atoms with E-state index in [0.29, 0.717) is 10.8 Å². The molecule has 3 N–H and O–H groups in total.